The first-order valence-electron chi connectivity index (χ1n) is 4.08. The first-order chi connectivity index (χ1) is 6.65. The van der Waals surface area contributed by atoms with E-state index in [9.17, 15) is 10.1 Å². The van der Waals surface area contributed by atoms with E-state index in [4.69, 9.17) is 11.6 Å². The van der Waals surface area contributed by atoms with Gasteiger partial charge in [0, 0.05) is 5.88 Å². The summed E-state index contributed by atoms with van der Waals surface area (Å²) in [6, 6.07) is 0. The number of hydrogen-bond donors (Lipinski definition) is 0. The van der Waals surface area contributed by atoms with Crippen LogP contribution in [0.15, 0.2) is 10.7 Å². The third kappa shape index (κ3) is 2.95. The fourth-order valence-corrected chi connectivity index (χ4v) is 1.64. The number of hydrogen-bond acceptors (Lipinski definition) is 3. The number of nitro groups is 1. The molecule has 0 aliphatic rings. The first kappa shape index (κ1) is 11.5. The van der Waals surface area contributed by atoms with Gasteiger partial charge in [-0.2, -0.15) is 4.68 Å². The first-order valence-corrected chi connectivity index (χ1v) is 5.41. The van der Waals surface area contributed by atoms with Crippen LogP contribution in [0.25, 0.3) is 0 Å². The molecule has 0 aromatic carbocycles. The highest BCUT2D eigenvalue weighted by Gasteiger charge is 2.17. The highest BCUT2D eigenvalue weighted by atomic mass is 79.9. The number of nitrogens with zero attached hydrogens (tertiary/aromatic N) is 3. The van der Waals surface area contributed by atoms with E-state index in [1.807, 2.05) is 0 Å². The van der Waals surface area contributed by atoms with Crippen LogP contribution in [0.2, 0.25) is 0 Å². The van der Waals surface area contributed by atoms with Gasteiger partial charge in [-0.3, -0.25) is 0 Å². The molecule has 14 heavy (non-hydrogen) atoms. The maximum absolute atomic E-state index is 10.4. The lowest BCUT2D eigenvalue weighted by Gasteiger charge is -1.93. The Morgan fingerprint density at radius 2 is 2.36 bits per heavy atom. The molecule has 78 valence electrons. The summed E-state index contributed by atoms with van der Waals surface area (Å²) in [6.07, 6.45) is 3.36. The lowest BCUT2D eigenvalue weighted by atomic mass is 10.3. The Labute approximate surface area is 94.3 Å². The van der Waals surface area contributed by atoms with Gasteiger partial charge in [0.05, 0.1) is 17.8 Å². The zero-order valence-electron chi connectivity index (χ0n) is 7.32. The minimum atomic E-state index is -0.512. The quantitative estimate of drug-likeness (QED) is 0.361. The molecular formula is C7H9BrClN3O2. The van der Waals surface area contributed by atoms with E-state index < -0.39 is 4.92 Å². The van der Waals surface area contributed by atoms with Crippen molar-refractivity contribution in [3.8, 4) is 0 Å². The number of halogens is 2. The topological polar surface area (TPSA) is 61.0 Å². The van der Waals surface area contributed by atoms with Crippen molar-refractivity contribution in [2.75, 3.05) is 5.88 Å². The molecule has 0 saturated heterocycles. The number of rotatable bonds is 5. The van der Waals surface area contributed by atoms with Crippen molar-refractivity contribution >= 4 is 33.3 Å². The molecular weight excluding hydrogens is 273 g/mol. The molecule has 0 fully saturated rings. The van der Waals surface area contributed by atoms with Gasteiger partial charge < -0.3 is 10.1 Å². The van der Waals surface area contributed by atoms with E-state index >= 15 is 0 Å². The minimum Gasteiger partial charge on any atom is -0.358 e. The lowest BCUT2D eigenvalue weighted by Crippen LogP contribution is -1.99. The molecule has 0 spiro atoms. The van der Waals surface area contributed by atoms with E-state index in [0.29, 0.717) is 16.9 Å². The summed E-state index contributed by atoms with van der Waals surface area (Å²) in [6.45, 7) is 0.652. The molecule has 1 rings (SSSR count). The van der Waals surface area contributed by atoms with Crippen LogP contribution in [0.4, 0.5) is 5.82 Å². The van der Waals surface area contributed by atoms with Crippen molar-refractivity contribution in [3.05, 3.63) is 20.8 Å². The van der Waals surface area contributed by atoms with Gasteiger partial charge in [0.15, 0.2) is 0 Å². The lowest BCUT2D eigenvalue weighted by molar-refractivity contribution is -0.390. The predicted octanol–water partition coefficient (Wildman–Crippen LogP) is 2.57. The summed E-state index contributed by atoms with van der Waals surface area (Å²) in [5.74, 6) is 0.459. The summed E-state index contributed by atoms with van der Waals surface area (Å²) in [5, 5.41) is 14.3. The number of aromatic nitrogens is 2. The third-order valence-electron chi connectivity index (χ3n) is 1.64. The van der Waals surface area contributed by atoms with Crippen LogP contribution < -0.4 is 0 Å². The predicted molar refractivity (Wildman–Crippen MR) is 56.5 cm³/mol. The van der Waals surface area contributed by atoms with Crippen LogP contribution in [0.1, 0.15) is 12.8 Å². The Bertz CT molecular complexity index is 329. The number of aryl methyl sites for hydroxylation is 1. The van der Waals surface area contributed by atoms with E-state index in [1.165, 1.54) is 0 Å². The van der Waals surface area contributed by atoms with Gasteiger partial charge in [0.1, 0.15) is 4.47 Å². The average Bonchev–Trinajstić information content (AvgIpc) is 2.47. The summed E-state index contributed by atoms with van der Waals surface area (Å²) in [7, 11) is 0. The maximum atomic E-state index is 10.4. The highest BCUT2D eigenvalue weighted by Crippen LogP contribution is 2.22. The highest BCUT2D eigenvalue weighted by molar-refractivity contribution is 9.10. The molecule has 0 atom stereocenters. The Hall–Kier alpha value is -0.620. The van der Waals surface area contributed by atoms with Gasteiger partial charge in [0.2, 0.25) is 0 Å². The summed E-state index contributed by atoms with van der Waals surface area (Å²) in [4.78, 5) is 9.93. The molecule has 0 bridgehead atoms. The molecule has 1 aromatic heterocycles. The van der Waals surface area contributed by atoms with Gasteiger partial charge in [-0.05, 0) is 33.7 Å². The van der Waals surface area contributed by atoms with Gasteiger partial charge >= 0.3 is 5.82 Å². The van der Waals surface area contributed by atoms with Gasteiger partial charge in [-0.1, -0.05) is 0 Å². The number of alkyl halides is 1. The Balaban J connectivity index is 2.62. The van der Waals surface area contributed by atoms with E-state index in [1.54, 1.807) is 10.9 Å². The molecule has 1 heterocycles. The van der Waals surface area contributed by atoms with Gasteiger partial charge in [-0.25, -0.2) is 0 Å². The van der Waals surface area contributed by atoms with Crippen molar-refractivity contribution in [3.63, 3.8) is 0 Å². The fourth-order valence-electron chi connectivity index (χ4n) is 0.993. The number of unbranched alkanes of at least 4 members (excludes halogenated alkanes) is 1. The van der Waals surface area contributed by atoms with Crippen molar-refractivity contribution in [1.82, 2.24) is 9.78 Å². The zero-order chi connectivity index (χ0) is 10.6. The summed E-state index contributed by atoms with van der Waals surface area (Å²) < 4.78 is 1.96. The molecule has 0 aliphatic carbocycles. The summed E-state index contributed by atoms with van der Waals surface area (Å²) >= 11 is 8.58. The van der Waals surface area contributed by atoms with E-state index in [2.05, 4.69) is 21.0 Å². The van der Waals surface area contributed by atoms with Crippen molar-refractivity contribution in [2.24, 2.45) is 0 Å². The molecule has 0 radical (unpaired) electrons. The monoisotopic (exact) mass is 281 g/mol. The van der Waals surface area contributed by atoms with Crippen LogP contribution in [-0.2, 0) is 6.54 Å². The van der Waals surface area contributed by atoms with Crippen LogP contribution in [0.5, 0.6) is 0 Å². The molecule has 0 N–H and O–H groups in total. The van der Waals surface area contributed by atoms with E-state index in [0.717, 1.165) is 12.8 Å². The zero-order valence-corrected chi connectivity index (χ0v) is 9.66. The third-order valence-corrected chi connectivity index (χ3v) is 2.47. The molecule has 5 nitrogen and oxygen atoms in total. The maximum Gasteiger partial charge on any atom is 0.404 e. The Morgan fingerprint density at radius 3 is 2.86 bits per heavy atom. The van der Waals surface area contributed by atoms with Crippen molar-refractivity contribution < 1.29 is 4.92 Å². The van der Waals surface area contributed by atoms with Crippen LogP contribution >= 0.6 is 27.5 Å². The van der Waals surface area contributed by atoms with Crippen molar-refractivity contribution in [1.29, 1.82) is 0 Å². The second-order valence-electron chi connectivity index (χ2n) is 2.72. The van der Waals surface area contributed by atoms with Crippen molar-refractivity contribution in [2.45, 2.75) is 19.4 Å². The Morgan fingerprint density at radius 1 is 1.64 bits per heavy atom. The van der Waals surface area contributed by atoms with Crippen LogP contribution in [0.3, 0.4) is 0 Å². The Kier molecular flexibility index (Phi) is 4.34. The van der Waals surface area contributed by atoms with Gasteiger partial charge in [-0.15, -0.1) is 11.6 Å². The molecule has 0 unspecified atom stereocenters. The SMILES string of the molecule is O=[N+]([O-])c1nn(CCCCCl)cc1Br. The van der Waals surface area contributed by atoms with E-state index in [-0.39, 0.29) is 5.82 Å². The molecule has 0 amide bonds. The normalized spacial score (nSPS) is 10.4. The fraction of sp³-hybridized carbons (Fsp3) is 0.571. The average molecular weight is 283 g/mol. The minimum absolute atomic E-state index is 0.143. The van der Waals surface area contributed by atoms with Crippen LogP contribution in [0, 0.1) is 10.1 Å². The molecule has 1 aromatic rings. The van der Waals surface area contributed by atoms with Gasteiger partial charge in [0.25, 0.3) is 0 Å². The largest absolute Gasteiger partial charge is 0.404 e. The molecule has 7 heteroatoms. The molecule has 0 aliphatic heterocycles. The standard InChI is InChI=1S/C7H9BrClN3O2/c8-6-5-11(4-2-1-3-9)10-7(6)12(13)14/h5H,1-4H2. The molecule has 0 saturated carbocycles. The van der Waals surface area contributed by atoms with Crippen LogP contribution in [-0.4, -0.2) is 20.6 Å². The second-order valence-corrected chi connectivity index (χ2v) is 3.95. The smallest absolute Gasteiger partial charge is 0.358 e. The second kappa shape index (κ2) is 5.31. The summed E-state index contributed by atoms with van der Waals surface area (Å²) in [5.41, 5.74) is 0.